The maximum absolute atomic E-state index is 13.6. The second-order valence-corrected chi connectivity index (χ2v) is 5.08. The van der Waals surface area contributed by atoms with E-state index >= 15 is 0 Å². The number of aromatic nitrogens is 1. The number of carbonyl (C=O) groups is 1. The van der Waals surface area contributed by atoms with Crippen LogP contribution in [0, 0.1) is 11.6 Å². The van der Waals surface area contributed by atoms with Crippen molar-refractivity contribution >= 4 is 22.5 Å². The zero-order valence-corrected chi connectivity index (χ0v) is 12.1. The molecule has 0 aliphatic carbocycles. The van der Waals surface area contributed by atoms with Crippen LogP contribution in [0.2, 0.25) is 0 Å². The Hall–Kier alpha value is -3.02. The number of carbonyl (C=O) groups excluding carboxylic acids is 1. The summed E-state index contributed by atoms with van der Waals surface area (Å²) in [5.41, 5.74) is -0.251. The van der Waals surface area contributed by atoms with Gasteiger partial charge in [0.05, 0.1) is 11.2 Å². The Balaban J connectivity index is 2.06. The predicted octanol–water partition coefficient (Wildman–Crippen LogP) is 3.07. The lowest BCUT2D eigenvalue weighted by Gasteiger charge is -2.10. The third kappa shape index (κ3) is 2.70. The molecule has 3 aromatic rings. The molecule has 1 N–H and O–H groups in total. The summed E-state index contributed by atoms with van der Waals surface area (Å²) in [7, 11) is 1.70. The van der Waals surface area contributed by atoms with Crippen LogP contribution in [0.3, 0.4) is 0 Å². The lowest BCUT2D eigenvalue weighted by molar-refractivity contribution is 0.102. The number of fused-ring (bicyclic) bond motifs is 1. The van der Waals surface area contributed by atoms with E-state index in [2.05, 4.69) is 5.32 Å². The van der Waals surface area contributed by atoms with Crippen molar-refractivity contribution < 1.29 is 13.6 Å². The summed E-state index contributed by atoms with van der Waals surface area (Å²) < 4.78 is 28.4. The molecule has 0 bridgehead atoms. The van der Waals surface area contributed by atoms with Crippen LogP contribution in [0.1, 0.15) is 10.4 Å². The summed E-state index contributed by atoms with van der Waals surface area (Å²) in [6.45, 7) is 0. The van der Waals surface area contributed by atoms with E-state index in [1.807, 2.05) is 0 Å². The largest absolute Gasteiger partial charge is 0.350 e. The Morgan fingerprint density at radius 1 is 1.13 bits per heavy atom. The number of anilines is 1. The van der Waals surface area contributed by atoms with E-state index in [9.17, 15) is 18.4 Å². The third-order valence-corrected chi connectivity index (χ3v) is 3.52. The monoisotopic (exact) mass is 314 g/mol. The number of nitrogens with zero attached hydrogens (tertiary/aromatic N) is 1. The van der Waals surface area contributed by atoms with Crippen LogP contribution in [0.25, 0.3) is 10.9 Å². The smallest absolute Gasteiger partial charge is 0.261 e. The molecule has 0 aliphatic heterocycles. The Morgan fingerprint density at radius 3 is 2.65 bits per heavy atom. The van der Waals surface area contributed by atoms with Crippen LogP contribution in [-0.4, -0.2) is 10.5 Å². The van der Waals surface area contributed by atoms with Crippen LogP contribution in [0.15, 0.2) is 53.5 Å². The van der Waals surface area contributed by atoms with Gasteiger partial charge in [0, 0.05) is 24.7 Å². The van der Waals surface area contributed by atoms with Crippen LogP contribution in [0.4, 0.5) is 14.5 Å². The molecule has 2 aromatic carbocycles. The predicted molar refractivity (Wildman–Crippen MR) is 83.5 cm³/mol. The number of rotatable bonds is 2. The minimum absolute atomic E-state index is 0.144. The van der Waals surface area contributed by atoms with Crippen LogP contribution < -0.4 is 10.7 Å². The number of aryl methyl sites for hydroxylation is 1. The molecule has 3 rings (SSSR count). The SMILES string of the molecule is Cn1cc(C(=O)Nc2cc(F)ccc2F)c(=O)c2ccccc21. The molecule has 1 aromatic heterocycles. The maximum Gasteiger partial charge on any atom is 0.261 e. The van der Waals surface area contributed by atoms with E-state index in [1.54, 1.807) is 35.9 Å². The number of pyridine rings is 1. The van der Waals surface area contributed by atoms with Gasteiger partial charge in [0.25, 0.3) is 5.91 Å². The van der Waals surface area contributed by atoms with Crippen molar-refractivity contribution in [2.75, 3.05) is 5.32 Å². The van der Waals surface area contributed by atoms with Gasteiger partial charge in [-0.2, -0.15) is 0 Å². The second kappa shape index (κ2) is 5.64. The first-order valence-corrected chi connectivity index (χ1v) is 6.82. The number of benzene rings is 2. The van der Waals surface area contributed by atoms with E-state index in [0.717, 1.165) is 18.2 Å². The Bertz CT molecular complexity index is 980. The van der Waals surface area contributed by atoms with Gasteiger partial charge < -0.3 is 9.88 Å². The van der Waals surface area contributed by atoms with Gasteiger partial charge in [0.15, 0.2) is 0 Å². The molecule has 0 saturated carbocycles. The van der Waals surface area contributed by atoms with Crippen LogP contribution >= 0.6 is 0 Å². The van der Waals surface area contributed by atoms with Crippen LogP contribution in [-0.2, 0) is 7.05 Å². The summed E-state index contributed by atoms with van der Waals surface area (Å²) >= 11 is 0. The molecule has 1 amide bonds. The highest BCUT2D eigenvalue weighted by molar-refractivity contribution is 6.05. The van der Waals surface area contributed by atoms with Gasteiger partial charge in [-0.25, -0.2) is 8.78 Å². The molecular formula is C17H12F2N2O2. The summed E-state index contributed by atoms with van der Waals surface area (Å²) in [5, 5.41) is 2.61. The minimum atomic E-state index is -0.791. The highest BCUT2D eigenvalue weighted by Crippen LogP contribution is 2.17. The zero-order chi connectivity index (χ0) is 16.6. The first-order valence-electron chi connectivity index (χ1n) is 6.82. The fourth-order valence-electron chi connectivity index (χ4n) is 2.38. The normalized spacial score (nSPS) is 10.7. The molecule has 0 saturated heterocycles. The van der Waals surface area contributed by atoms with E-state index < -0.39 is 23.0 Å². The number of para-hydroxylation sites is 1. The van der Waals surface area contributed by atoms with Gasteiger partial charge in [-0.1, -0.05) is 12.1 Å². The lowest BCUT2D eigenvalue weighted by Crippen LogP contribution is -2.23. The van der Waals surface area contributed by atoms with Crippen molar-refractivity contribution in [1.82, 2.24) is 4.57 Å². The summed E-state index contributed by atoms with van der Waals surface area (Å²) in [4.78, 5) is 24.7. The molecule has 116 valence electrons. The molecular weight excluding hydrogens is 302 g/mol. The number of hydrogen-bond donors (Lipinski definition) is 1. The molecule has 0 unspecified atom stereocenters. The summed E-state index contributed by atoms with van der Waals surface area (Å²) in [5.74, 6) is -2.26. The zero-order valence-electron chi connectivity index (χ0n) is 12.1. The summed E-state index contributed by atoms with van der Waals surface area (Å²) in [6, 6.07) is 9.55. The second-order valence-electron chi connectivity index (χ2n) is 5.08. The van der Waals surface area contributed by atoms with Crippen molar-refractivity contribution in [2.45, 2.75) is 0 Å². The van der Waals surface area contributed by atoms with Crippen molar-refractivity contribution in [3.8, 4) is 0 Å². The topological polar surface area (TPSA) is 51.1 Å². The lowest BCUT2D eigenvalue weighted by atomic mass is 10.1. The summed E-state index contributed by atoms with van der Waals surface area (Å²) in [6.07, 6.45) is 1.37. The van der Waals surface area contributed by atoms with Gasteiger partial charge in [-0.3, -0.25) is 9.59 Å². The van der Waals surface area contributed by atoms with Crippen molar-refractivity contribution in [3.05, 3.63) is 76.1 Å². The number of nitrogens with one attached hydrogen (secondary N) is 1. The number of halogens is 2. The van der Waals surface area contributed by atoms with Crippen molar-refractivity contribution in [3.63, 3.8) is 0 Å². The molecule has 23 heavy (non-hydrogen) atoms. The van der Waals surface area contributed by atoms with E-state index in [4.69, 9.17) is 0 Å². The van der Waals surface area contributed by atoms with Gasteiger partial charge in [-0.15, -0.1) is 0 Å². The molecule has 0 radical (unpaired) electrons. The fraction of sp³-hybridized carbons (Fsp3) is 0.0588. The Morgan fingerprint density at radius 2 is 1.87 bits per heavy atom. The average molecular weight is 314 g/mol. The average Bonchev–Trinajstić information content (AvgIpc) is 2.54. The van der Waals surface area contributed by atoms with Crippen molar-refractivity contribution in [1.29, 1.82) is 0 Å². The maximum atomic E-state index is 13.6. The van der Waals surface area contributed by atoms with Crippen molar-refractivity contribution in [2.24, 2.45) is 7.05 Å². The van der Waals surface area contributed by atoms with Gasteiger partial charge in [0.2, 0.25) is 5.43 Å². The third-order valence-electron chi connectivity index (χ3n) is 3.52. The Kier molecular flexibility index (Phi) is 3.65. The minimum Gasteiger partial charge on any atom is -0.350 e. The van der Waals surface area contributed by atoms with Gasteiger partial charge >= 0.3 is 0 Å². The first-order chi connectivity index (χ1) is 11.0. The van der Waals surface area contributed by atoms with Gasteiger partial charge in [0.1, 0.15) is 17.2 Å². The van der Waals surface area contributed by atoms with E-state index in [1.165, 1.54) is 6.20 Å². The molecule has 0 aliphatic rings. The molecule has 1 heterocycles. The number of hydrogen-bond acceptors (Lipinski definition) is 2. The highest BCUT2D eigenvalue weighted by atomic mass is 19.1. The fourth-order valence-corrected chi connectivity index (χ4v) is 2.38. The quantitative estimate of drug-likeness (QED) is 0.790. The molecule has 4 nitrogen and oxygen atoms in total. The highest BCUT2D eigenvalue weighted by Gasteiger charge is 2.16. The molecule has 0 atom stereocenters. The van der Waals surface area contributed by atoms with E-state index in [0.29, 0.717) is 10.9 Å². The first kappa shape index (κ1) is 14.9. The van der Waals surface area contributed by atoms with E-state index in [-0.39, 0.29) is 11.3 Å². The standard InChI is InChI=1S/C17H12F2N2O2/c1-21-9-12(16(22)11-4-2-3-5-15(11)21)17(23)20-14-8-10(18)6-7-13(14)19/h2-9H,1H3,(H,20,23). The number of amides is 1. The molecule has 0 spiro atoms. The molecule has 0 fully saturated rings. The van der Waals surface area contributed by atoms with Gasteiger partial charge in [-0.05, 0) is 24.3 Å². The Labute approximate surface area is 130 Å². The van der Waals surface area contributed by atoms with Crippen LogP contribution in [0.5, 0.6) is 0 Å². The molecule has 6 heteroatoms.